The lowest BCUT2D eigenvalue weighted by atomic mass is 9.90. The molecule has 1 aliphatic rings. The second kappa shape index (κ2) is 6.85. The fraction of sp³-hybridized carbons (Fsp3) is 0.667. The third-order valence-corrected chi connectivity index (χ3v) is 4.30. The maximum absolute atomic E-state index is 11.8. The van der Waals surface area contributed by atoms with Crippen molar-refractivity contribution in [1.29, 1.82) is 0 Å². The second-order valence-corrected chi connectivity index (χ2v) is 5.88. The SMILES string of the molecule is CNC(C)C1CCN(c2ccc(C(=O)N(C)C)nn2)CC1. The number of rotatable bonds is 4. The second-order valence-electron chi connectivity index (χ2n) is 5.88. The van der Waals surface area contributed by atoms with Crippen LogP contribution in [-0.4, -0.2) is 61.3 Å². The lowest BCUT2D eigenvalue weighted by Gasteiger charge is -2.35. The van der Waals surface area contributed by atoms with Gasteiger partial charge in [-0.3, -0.25) is 4.79 Å². The summed E-state index contributed by atoms with van der Waals surface area (Å²) in [6.07, 6.45) is 2.31. The van der Waals surface area contributed by atoms with Crippen LogP contribution in [0.1, 0.15) is 30.3 Å². The summed E-state index contributed by atoms with van der Waals surface area (Å²) < 4.78 is 0. The van der Waals surface area contributed by atoms with Crippen LogP contribution < -0.4 is 10.2 Å². The number of nitrogens with zero attached hydrogens (tertiary/aromatic N) is 4. The van der Waals surface area contributed by atoms with Crippen molar-refractivity contribution in [3.05, 3.63) is 17.8 Å². The first kappa shape index (κ1) is 15.7. The molecule has 1 amide bonds. The summed E-state index contributed by atoms with van der Waals surface area (Å²) >= 11 is 0. The smallest absolute Gasteiger partial charge is 0.273 e. The molecule has 0 aromatic carbocycles. The molecule has 0 spiro atoms. The number of piperidine rings is 1. The van der Waals surface area contributed by atoms with Crippen molar-refractivity contribution in [3.63, 3.8) is 0 Å². The number of aromatic nitrogens is 2. The van der Waals surface area contributed by atoms with Crippen molar-refractivity contribution in [2.45, 2.75) is 25.8 Å². The first-order valence-corrected chi connectivity index (χ1v) is 7.50. The lowest BCUT2D eigenvalue weighted by molar-refractivity contribution is 0.0821. The van der Waals surface area contributed by atoms with E-state index in [0.717, 1.165) is 31.7 Å². The molecule has 2 rings (SSSR count). The van der Waals surface area contributed by atoms with E-state index in [1.54, 1.807) is 20.2 Å². The molecule has 1 aromatic rings. The highest BCUT2D eigenvalue weighted by Crippen LogP contribution is 2.23. The summed E-state index contributed by atoms with van der Waals surface area (Å²) in [4.78, 5) is 15.5. The zero-order valence-electron chi connectivity index (χ0n) is 13.3. The summed E-state index contributed by atoms with van der Waals surface area (Å²) in [6.45, 7) is 4.22. The molecule has 2 heterocycles. The van der Waals surface area contributed by atoms with Crippen molar-refractivity contribution in [3.8, 4) is 0 Å². The van der Waals surface area contributed by atoms with E-state index in [0.29, 0.717) is 17.7 Å². The Labute approximate surface area is 126 Å². The predicted octanol–water partition coefficient (Wildman–Crippen LogP) is 1.00. The Morgan fingerprint density at radius 3 is 2.48 bits per heavy atom. The minimum absolute atomic E-state index is 0.115. The molecule has 0 saturated carbocycles. The topological polar surface area (TPSA) is 61.4 Å². The van der Waals surface area contributed by atoms with E-state index in [2.05, 4.69) is 27.3 Å². The Kier molecular flexibility index (Phi) is 5.12. The average molecular weight is 291 g/mol. The highest BCUT2D eigenvalue weighted by atomic mass is 16.2. The summed E-state index contributed by atoms with van der Waals surface area (Å²) in [5.41, 5.74) is 0.391. The van der Waals surface area contributed by atoms with Crippen LogP contribution in [0.25, 0.3) is 0 Å². The van der Waals surface area contributed by atoms with E-state index in [1.165, 1.54) is 4.90 Å². The highest BCUT2D eigenvalue weighted by molar-refractivity contribution is 5.91. The van der Waals surface area contributed by atoms with E-state index in [1.807, 2.05) is 13.1 Å². The molecule has 21 heavy (non-hydrogen) atoms. The standard InChI is InChI=1S/C15H25N5O/c1-11(16-2)12-7-9-20(10-8-12)14-6-5-13(17-18-14)15(21)19(3)4/h5-6,11-12,16H,7-10H2,1-4H3. The minimum Gasteiger partial charge on any atom is -0.355 e. The maximum Gasteiger partial charge on any atom is 0.273 e. The van der Waals surface area contributed by atoms with Crippen molar-refractivity contribution >= 4 is 11.7 Å². The molecule has 0 bridgehead atoms. The van der Waals surface area contributed by atoms with Crippen LogP contribution in [-0.2, 0) is 0 Å². The molecule has 0 aliphatic carbocycles. The van der Waals surface area contributed by atoms with Crippen LogP contribution in [0.4, 0.5) is 5.82 Å². The molecule has 1 saturated heterocycles. The number of hydrogen-bond acceptors (Lipinski definition) is 5. The van der Waals surface area contributed by atoms with Gasteiger partial charge in [0.25, 0.3) is 5.91 Å². The van der Waals surface area contributed by atoms with Gasteiger partial charge in [-0.05, 0) is 44.9 Å². The zero-order chi connectivity index (χ0) is 15.4. The monoisotopic (exact) mass is 291 g/mol. The molecule has 116 valence electrons. The minimum atomic E-state index is -0.115. The first-order valence-electron chi connectivity index (χ1n) is 7.50. The van der Waals surface area contributed by atoms with Crippen molar-refractivity contribution < 1.29 is 4.79 Å². The van der Waals surface area contributed by atoms with Gasteiger partial charge in [0, 0.05) is 33.2 Å². The van der Waals surface area contributed by atoms with Crippen LogP contribution in [0, 0.1) is 5.92 Å². The van der Waals surface area contributed by atoms with E-state index >= 15 is 0 Å². The van der Waals surface area contributed by atoms with Gasteiger partial charge in [0.05, 0.1) is 0 Å². The van der Waals surface area contributed by atoms with Crippen LogP contribution in [0.5, 0.6) is 0 Å². The number of hydrogen-bond donors (Lipinski definition) is 1. The molecule has 0 radical (unpaired) electrons. The summed E-state index contributed by atoms with van der Waals surface area (Å²) in [5, 5.41) is 11.6. The maximum atomic E-state index is 11.8. The van der Waals surface area contributed by atoms with Crippen molar-refractivity contribution in [2.75, 3.05) is 39.1 Å². The number of carbonyl (C=O) groups is 1. The quantitative estimate of drug-likeness (QED) is 0.897. The fourth-order valence-electron chi connectivity index (χ4n) is 2.70. The van der Waals surface area contributed by atoms with Crippen LogP contribution in [0.2, 0.25) is 0 Å². The number of amides is 1. The summed E-state index contributed by atoms with van der Waals surface area (Å²) in [5.74, 6) is 1.46. The van der Waals surface area contributed by atoms with Gasteiger partial charge in [0.1, 0.15) is 0 Å². The molecule has 1 fully saturated rings. The van der Waals surface area contributed by atoms with Gasteiger partial charge < -0.3 is 15.1 Å². The summed E-state index contributed by atoms with van der Waals surface area (Å²) in [7, 11) is 5.44. The number of nitrogens with one attached hydrogen (secondary N) is 1. The Hall–Kier alpha value is -1.69. The number of anilines is 1. The predicted molar refractivity (Wildman–Crippen MR) is 83.5 cm³/mol. The summed E-state index contributed by atoms with van der Waals surface area (Å²) in [6, 6.07) is 4.21. The number of carbonyl (C=O) groups excluding carboxylic acids is 1. The van der Waals surface area contributed by atoms with E-state index in [4.69, 9.17) is 0 Å². The van der Waals surface area contributed by atoms with Crippen molar-refractivity contribution in [2.24, 2.45) is 5.92 Å². The van der Waals surface area contributed by atoms with E-state index < -0.39 is 0 Å². The Morgan fingerprint density at radius 1 is 1.33 bits per heavy atom. The van der Waals surface area contributed by atoms with Gasteiger partial charge in [-0.2, -0.15) is 0 Å². The third-order valence-electron chi connectivity index (χ3n) is 4.30. The third kappa shape index (κ3) is 3.69. The van der Waals surface area contributed by atoms with Crippen LogP contribution >= 0.6 is 0 Å². The van der Waals surface area contributed by atoms with Gasteiger partial charge >= 0.3 is 0 Å². The van der Waals surface area contributed by atoms with E-state index in [-0.39, 0.29) is 5.91 Å². The molecule has 1 aliphatic heterocycles. The molecule has 1 atom stereocenters. The molecule has 6 heteroatoms. The Morgan fingerprint density at radius 2 is 2.00 bits per heavy atom. The van der Waals surface area contributed by atoms with Gasteiger partial charge in [-0.1, -0.05) is 0 Å². The van der Waals surface area contributed by atoms with E-state index in [9.17, 15) is 4.79 Å². The molecule has 1 N–H and O–H groups in total. The van der Waals surface area contributed by atoms with Gasteiger partial charge in [-0.15, -0.1) is 10.2 Å². The van der Waals surface area contributed by atoms with Gasteiger partial charge in [0.2, 0.25) is 0 Å². The largest absolute Gasteiger partial charge is 0.355 e. The van der Waals surface area contributed by atoms with Crippen LogP contribution in [0.15, 0.2) is 12.1 Å². The molecule has 1 unspecified atom stereocenters. The first-order chi connectivity index (χ1) is 10.0. The molecule has 6 nitrogen and oxygen atoms in total. The Balaban J connectivity index is 1.96. The van der Waals surface area contributed by atoms with Crippen LogP contribution in [0.3, 0.4) is 0 Å². The normalized spacial score (nSPS) is 17.6. The van der Waals surface area contributed by atoms with Gasteiger partial charge in [-0.25, -0.2) is 0 Å². The van der Waals surface area contributed by atoms with Gasteiger partial charge in [0.15, 0.2) is 11.5 Å². The zero-order valence-corrected chi connectivity index (χ0v) is 13.3. The molecule has 1 aromatic heterocycles. The highest BCUT2D eigenvalue weighted by Gasteiger charge is 2.24. The molecular weight excluding hydrogens is 266 g/mol. The fourth-order valence-corrected chi connectivity index (χ4v) is 2.70. The van der Waals surface area contributed by atoms with Crippen molar-refractivity contribution in [1.82, 2.24) is 20.4 Å². The molecular formula is C15H25N5O. The average Bonchev–Trinajstić information content (AvgIpc) is 2.53. The Bertz CT molecular complexity index is 465. The lowest BCUT2D eigenvalue weighted by Crippen LogP contribution is -2.41.